The largest absolute Gasteiger partial charge is 0.433 e. The Morgan fingerprint density at radius 2 is 1.94 bits per heavy atom. The molecule has 2 aliphatic heterocycles. The van der Waals surface area contributed by atoms with Crippen LogP contribution in [-0.4, -0.2) is 58.9 Å². The third-order valence-electron chi connectivity index (χ3n) is 7.32. The van der Waals surface area contributed by atoms with Gasteiger partial charge in [-0.25, -0.2) is 9.97 Å². The first-order valence-electron chi connectivity index (χ1n) is 11.7. The van der Waals surface area contributed by atoms with Gasteiger partial charge in [-0.3, -0.25) is 4.90 Å². The van der Waals surface area contributed by atoms with E-state index < -0.39 is 6.61 Å². The Hall–Kier alpha value is -3.99. The lowest BCUT2D eigenvalue weighted by atomic mass is 9.86. The van der Waals surface area contributed by atoms with Gasteiger partial charge in [0.2, 0.25) is 0 Å². The molecule has 2 aromatic carbocycles. The second-order valence-corrected chi connectivity index (χ2v) is 9.37. The summed E-state index contributed by atoms with van der Waals surface area (Å²) < 4.78 is 36.7. The van der Waals surface area contributed by atoms with E-state index in [4.69, 9.17) is 20.7 Å². The van der Waals surface area contributed by atoms with E-state index in [0.717, 1.165) is 37.9 Å². The van der Waals surface area contributed by atoms with Gasteiger partial charge in [-0.15, -0.1) is 0 Å². The highest BCUT2D eigenvalue weighted by Gasteiger charge is 2.49. The Balaban J connectivity index is 1.44. The van der Waals surface area contributed by atoms with Gasteiger partial charge in [0.15, 0.2) is 17.2 Å². The monoisotopic (exact) mass is 493 g/mol. The van der Waals surface area contributed by atoms with Crippen LogP contribution in [0.15, 0.2) is 47.1 Å². The van der Waals surface area contributed by atoms with Crippen molar-refractivity contribution >= 4 is 28.0 Å². The average Bonchev–Trinajstić information content (AvgIpc) is 3.44. The van der Waals surface area contributed by atoms with Crippen LogP contribution in [0.3, 0.4) is 0 Å². The summed E-state index contributed by atoms with van der Waals surface area (Å²) in [5.41, 5.74) is 15.7. The Morgan fingerprint density at radius 1 is 1.14 bits per heavy atom. The summed E-state index contributed by atoms with van der Waals surface area (Å²) in [7, 11) is 2.11. The number of halogens is 2. The van der Waals surface area contributed by atoms with Gasteiger partial charge in [-0.1, -0.05) is 17.3 Å². The number of nitrogens with zero attached hydrogens (tertiary/aromatic N) is 5. The van der Waals surface area contributed by atoms with Crippen molar-refractivity contribution < 1.29 is 18.0 Å². The van der Waals surface area contributed by atoms with Crippen LogP contribution in [-0.2, 0) is 0 Å². The zero-order valence-electron chi connectivity index (χ0n) is 19.6. The minimum absolute atomic E-state index is 0.0491. The maximum absolute atomic E-state index is 13.3. The lowest BCUT2D eigenvalue weighted by Gasteiger charge is -2.53. The zero-order valence-corrected chi connectivity index (χ0v) is 19.6. The number of aromatic nitrogens is 3. The predicted molar refractivity (Wildman–Crippen MR) is 133 cm³/mol. The third-order valence-corrected chi connectivity index (χ3v) is 7.32. The average molecular weight is 494 g/mol. The second kappa shape index (κ2) is 8.30. The Bertz CT molecular complexity index is 1450. The molecule has 9 nitrogen and oxygen atoms in total. The standard InChI is InChI=1S/C25H25F2N7O2/c1-33-10-4-8-25(33)12-34(13-25)16-11-18(35-24(26)27)21(29)19(20(16)28)23-30-9-7-15(31-23)22-14-5-2-3-6-17(14)36-32-22/h2-3,5-7,9,11,24H,4,8,10,12-13,28-29H2,1H3. The third kappa shape index (κ3) is 3.49. The summed E-state index contributed by atoms with van der Waals surface area (Å²) in [6.07, 6.45) is 3.76. The second-order valence-electron chi connectivity index (χ2n) is 9.37. The summed E-state index contributed by atoms with van der Waals surface area (Å²) in [5.74, 6) is 0.0228. The quantitative estimate of drug-likeness (QED) is 0.398. The van der Waals surface area contributed by atoms with E-state index >= 15 is 0 Å². The SMILES string of the molecule is CN1CCCC12CN(c1cc(OC(F)F)c(N)c(-c3nccc(-c4noc5ccccc45)n3)c1N)C2. The number of para-hydroxylation sites is 1. The van der Waals surface area contributed by atoms with Gasteiger partial charge in [0.05, 0.1) is 39.2 Å². The van der Waals surface area contributed by atoms with Crippen LogP contribution in [0.5, 0.6) is 5.75 Å². The number of benzene rings is 2. The molecule has 0 saturated carbocycles. The summed E-state index contributed by atoms with van der Waals surface area (Å²) in [6.45, 7) is -0.546. The summed E-state index contributed by atoms with van der Waals surface area (Å²) in [5, 5.41) is 4.94. The van der Waals surface area contributed by atoms with Crippen molar-refractivity contribution in [2.45, 2.75) is 25.0 Å². The van der Waals surface area contributed by atoms with Gasteiger partial charge in [0, 0.05) is 25.4 Å². The normalized spacial score (nSPS) is 17.3. The number of fused-ring (bicyclic) bond motifs is 1. The van der Waals surface area contributed by atoms with E-state index in [9.17, 15) is 8.78 Å². The zero-order chi connectivity index (χ0) is 25.0. The Kier molecular flexibility index (Phi) is 5.18. The molecule has 0 unspecified atom stereocenters. The predicted octanol–water partition coefficient (Wildman–Crippen LogP) is 4.00. The number of anilines is 3. The van der Waals surface area contributed by atoms with Crippen molar-refractivity contribution in [2.75, 3.05) is 43.0 Å². The van der Waals surface area contributed by atoms with E-state index in [1.165, 1.54) is 6.07 Å². The number of hydrogen-bond donors (Lipinski definition) is 2. The van der Waals surface area contributed by atoms with Gasteiger partial charge in [-0.05, 0) is 44.6 Å². The molecule has 0 bridgehead atoms. The van der Waals surface area contributed by atoms with Crippen molar-refractivity contribution in [3.8, 4) is 28.5 Å². The van der Waals surface area contributed by atoms with Crippen LogP contribution in [0, 0.1) is 0 Å². The van der Waals surface area contributed by atoms with Crippen LogP contribution < -0.4 is 21.1 Å². The molecule has 0 amide bonds. The van der Waals surface area contributed by atoms with Gasteiger partial charge in [0.25, 0.3) is 0 Å². The molecule has 2 aromatic heterocycles. The number of nitrogen functional groups attached to an aromatic ring is 2. The number of nitrogens with two attached hydrogens (primary N) is 2. The molecule has 2 fully saturated rings. The molecule has 0 aliphatic carbocycles. The molecule has 11 heteroatoms. The molecule has 0 atom stereocenters. The van der Waals surface area contributed by atoms with E-state index in [0.29, 0.717) is 28.3 Å². The van der Waals surface area contributed by atoms with Crippen molar-refractivity contribution in [3.05, 3.63) is 42.6 Å². The Morgan fingerprint density at radius 3 is 2.69 bits per heavy atom. The molecule has 4 heterocycles. The minimum atomic E-state index is -3.05. The van der Waals surface area contributed by atoms with Crippen LogP contribution in [0.1, 0.15) is 12.8 Å². The Labute approximate surface area is 205 Å². The number of ether oxygens (including phenoxy) is 1. The maximum Gasteiger partial charge on any atom is 0.387 e. The van der Waals surface area contributed by atoms with Crippen molar-refractivity contribution in [1.82, 2.24) is 20.0 Å². The number of hydrogen-bond acceptors (Lipinski definition) is 9. The van der Waals surface area contributed by atoms with Crippen molar-refractivity contribution in [2.24, 2.45) is 0 Å². The summed E-state index contributed by atoms with van der Waals surface area (Å²) in [4.78, 5) is 13.4. The lowest BCUT2D eigenvalue weighted by Crippen LogP contribution is -2.67. The topological polar surface area (TPSA) is 120 Å². The van der Waals surface area contributed by atoms with Gasteiger partial charge < -0.3 is 25.6 Å². The first kappa shape index (κ1) is 22.5. The fraction of sp³-hybridized carbons (Fsp3) is 0.320. The smallest absolute Gasteiger partial charge is 0.387 e. The van der Waals surface area contributed by atoms with E-state index in [2.05, 4.69) is 32.0 Å². The molecular formula is C25H25F2N7O2. The number of rotatable bonds is 5. The molecule has 6 rings (SSSR count). The number of alkyl halides is 2. The maximum atomic E-state index is 13.3. The van der Waals surface area contributed by atoms with Gasteiger partial charge in [0.1, 0.15) is 5.69 Å². The molecule has 36 heavy (non-hydrogen) atoms. The highest BCUT2D eigenvalue weighted by molar-refractivity contribution is 5.96. The van der Waals surface area contributed by atoms with Crippen LogP contribution in [0.2, 0.25) is 0 Å². The molecule has 0 radical (unpaired) electrons. The van der Waals surface area contributed by atoms with Crippen molar-refractivity contribution in [1.29, 1.82) is 0 Å². The first-order valence-corrected chi connectivity index (χ1v) is 11.7. The van der Waals surface area contributed by atoms with Crippen LogP contribution in [0.25, 0.3) is 33.7 Å². The highest BCUT2D eigenvalue weighted by atomic mass is 19.3. The molecule has 4 N–H and O–H groups in total. The molecule has 2 aliphatic rings. The molecule has 4 aromatic rings. The van der Waals surface area contributed by atoms with Gasteiger partial charge in [-0.2, -0.15) is 8.78 Å². The van der Waals surface area contributed by atoms with Crippen LogP contribution in [0.4, 0.5) is 25.8 Å². The summed E-state index contributed by atoms with van der Waals surface area (Å²) >= 11 is 0. The fourth-order valence-corrected chi connectivity index (χ4v) is 5.36. The van der Waals surface area contributed by atoms with Crippen LogP contribution >= 0.6 is 0 Å². The fourth-order valence-electron chi connectivity index (χ4n) is 5.36. The molecule has 186 valence electrons. The van der Waals surface area contributed by atoms with E-state index in [-0.39, 0.29) is 28.4 Å². The lowest BCUT2D eigenvalue weighted by molar-refractivity contribution is -0.0492. The van der Waals surface area contributed by atoms with E-state index in [1.807, 2.05) is 24.3 Å². The number of likely N-dealkylation sites (tertiary alicyclic amines) is 1. The van der Waals surface area contributed by atoms with Gasteiger partial charge >= 0.3 is 6.61 Å². The minimum Gasteiger partial charge on any atom is -0.433 e. The van der Waals surface area contributed by atoms with Crippen molar-refractivity contribution in [3.63, 3.8) is 0 Å². The molecule has 1 spiro atoms. The first-order chi connectivity index (χ1) is 17.4. The summed E-state index contributed by atoms with van der Waals surface area (Å²) in [6, 6.07) is 10.6. The highest BCUT2D eigenvalue weighted by Crippen LogP contribution is 2.48. The number of likely N-dealkylation sites (N-methyl/N-ethyl adjacent to an activating group) is 1. The molecule has 2 saturated heterocycles. The van der Waals surface area contributed by atoms with E-state index in [1.54, 1.807) is 12.3 Å². The molecular weight excluding hydrogens is 468 g/mol.